The third-order valence-electron chi connectivity index (χ3n) is 9.10. The predicted molar refractivity (Wildman–Crippen MR) is 205 cm³/mol. The maximum Gasteiger partial charge on any atom is 0.332 e. The van der Waals surface area contributed by atoms with Crippen LogP contribution in [0.4, 0.5) is 0 Å². The van der Waals surface area contributed by atoms with Crippen LogP contribution in [0.3, 0.4) is 0 Å². The zero-order valence-electron chi connectivity index (χ0n) is 34.5. The molecule has 2 aromatic heterocycles. The summed E-state index contributed by atoms with van der Waals surface area (Å²) in [6.07, 6.45) is -5.56. The SMILES string of the molecule is COCCOCCOCC(=O)OC[C@H]1O[C@@H](n2cnc(C(N)=O)n2)[C@@H]2O[C@@H](c3ccccc3)OC21.COCCOCCOCC(=O)OC[C@H]1O[C@@H](n2cnc(C(N)=O)n2)[C@H](O)C1O. The molecule has 2 unspecified atom stereocenters. The molecule has 0 bridgehead atoms. The summed E-state index contributed by atoms with van der Waals surface area (Å²) in [4.78, 5) is 53.8. The van der Waals surface area contributed by atoms with E-state index < -0.39 is 79.1 Å². The van der Waals surface area contributed by atoms with E-state index in [1.54, 1.807) is 14.2 Å². The molecule has 1 aromatic carbocycles. The second-order valence-corrected chi connectivity index (χ2v) is 13.6. The third kappa shape index (κ3) is 14.5. The van der Waals surface area contributed by atoms with Crippen LogP contribution in [0.5, 0.6) is 0 Å². The maximum atomic E-state index is 12.1. The predicted octanol–water partition coefficient (Wildman–Crippen LogP) is -2.80. The number of carbonyl (C=O) groups is 4. The van der Waals surface area contributed by atoms with Crippen molar-refractivity contribution in [1.29, 1.82) is 0 Å². The highest BCUT2D eigenvalue weighted by Crippen LogP contribution is 2.44. The molecule has 9 atom stereocenters. The van der Waals surface area contributed by atoms with Gasteiger partial charge < -0.3 is 78.5 Å². The lowest BCUT2D eigenvalue weighted by atomic mass is 10.1. The summed E-state index contributed by atoms with van der Waals surface area (Å²) in [7, 11) is 3.15. The minimum Gasteiger partial charge on any atom is -0.461 e. The molecule has 6 rings (SSSR count). The van der Waals surface area contributed by atoms with Gasteiger partial charge in [0.05, 0.1) is 52.9 Å². The molecule has 3 saturated heterocycles. The number of hydrogen-bond acceptors (Lipinski definition) is 22. The van der Waals surface area contributed by atoms with Crippen LogP contribution in [-0.4, -0.2) is 194 Å². The van der Waals surface area contributed by atoms with Crippen molar-refractivity contribution in [2.24, 2.45) is 11.5 Å². The van der Waals surface area contributed by atoms with Crippen molar-refractivity contribution in [3.63, 3.8) is 0 Å². The number of aliphatic hydroxyl groups excluding tert-OH is 2. The average Bonchev–Trinajstić information content (AvgIpc) is 4.13. The monoisotopic (exact) mass is 896 g/mol. The van der Waals surface area contributed by atoms with Gasteiger partial charge in [0.2, 0.25) is 11.6 Å². The first kappa shape index (κ1) is 48.9. The van der Waals surface area contributed by atoms with Gasteiger partial charge in [-0.1, -0.05) is 30.3 Å². The molecule has 0 saturated carbocycles. The highest BCUT2D eigenvalue weighted by atomic mass is 16.8. The van der Waals surface area contributed by atoms with Gasteiger partial charge >= 0.3 is 11.9 Å². The molecule has 0 spiro atoms. The Balaban J connectivity index is 0.000000244. The molecule has 26 heteroatoms. The van der Waals surface area contributed by atoms with Crippen LogP contribution in [0.15, 0.2) is 43.0 Å². The van der Waals surface area contributed by atoms with E-state index in [1.807, 2.05) is 30.3 Å². The number of carbonyl (C=O) groups excluding carboxylic acids is 4. The Hall–Kier alpha value is -5.10. The lowest BCUT2D eigenvalue weighted by Gasteiger charge is -2.20. The Bertz CT molecular complexity index is 1870. The molecule has 0 aliphatic carbocycles. The standard InChI is InChI=1S/C22H28N4O9.C15H24N4O9/c1-29-7-8-30-9-10-31-12-16(27)32-11-15-17-18(35-22(34-17)14-5-3-2-4-6-14)21(33-15)26-13-24-20(25-26)19(23)28;1-24-2-3-25-4-5-26-7-10(20)27-6-9-11(21)12(22)15(28-9)19-8-17-14(18-19)13(16)23/h2-6,13,15,17-18,21-22H,7-12H2,1H3,(H2,23,28);8-9,11-12,15,21-22H,2-7H2,1H3,(H2,16,23)/t15-,17?,18-,21-,22+;9-,11?,12-,15-/m11/s1. The maximum absolute atomic E-state index is 12.1. The summed E-state index contributed by atoms with van der Waals surface area (Å²) in [5.41, 5.74) is 11.2. The van der Waals surface area contributed by atoms with E-state index >= 15 is 0 Å². The van der Waals surface area contributed by atoms with Crippen LogP contribution >= 0.6 is 0 Å². The summed E-state index contributed by atoms with van der Waals surface area (Å²) in [5, 5.41) is 28.0. The highest BCUT2D eigenvalue weighted by Gasteiger charge is 2.54. The summed E-state index contributed by atoms with van der Waals surface area (Å²) >= 11 is 0. The molecule has 3 aliphatic rings. The number of esters is 2. The Morgan fingerprint density at radius 3 is 1.62 bits per heavy atom. The van der Waals surface area contributed by atoms with Crippen molar-refractivity contribution in [3.05, 3.63) is 60.2 Å². The van der Waals surface area contributed by atoms with E-state index in [0.29, 0.717) is 39.6 Å². The third-order valence-corrected chi connectivity index (χ3v) is 9.10. The van der Waals surface area contributed by atoms with Crippen LogP contribution in [0.1, 0.15) is 45.5 Å². The van der Waals surface area contributed by atoms with Crippen LogP contribution in [0.25, 0.3) is 0 Å². The highest BCUT2D eigenvalue weighted by molar-refractivity contribution is 5.88. The zero-order valence-corrected chi connectivity index (χ0v) is 34.5. The van der Waals surface area contributed by atoms with Gasteiger partial charge in [-0.05, 0) is 0 Å². The van der Waals surface area contributed by atoms with E-state index in [1.165, 1.54) is 11.0 Å². The number of hydrogen-bond donors (Lipinski definition) is 4. The van der Waals surface area contributed by atoms with Crippen molar-refractivity contribution >= 4 is 23.8 Å². The van der Waals surface area contributed by atoms with E-state index in [4.69, 9.17) is 68.3 Å². The molecule has 3 fully saturated rings. The average molecular weight is 897 g/mol. The second-order valence-electron chi connectivity index (χ2n) is 13.6. The number of nitrogens with two attached hydrogens (primary N) is 2. The van der Waals surface area contributed by atoms with E-state index in [0.717, 1.165) is 16.6 Å². The largest absolute Gasteiger partial charge is 0.461 e. The van der Waals surface area contributed by atoms with Gasteiger partial charge in [0, 0.05) is 19.8 Å². The molecular weight excluding hydrogens is 844 g/mol. The van der Waals surface area contributed by atoms with Gasteiger partial charge in [0.1, 0.15) is 75.7 Å². The van der Waals surface area contributed by atoms with E-state index in [-0.39, 0.29) is 51.3 Å². The minimum atomic E-state index is -1.37. The van der Waals surface area contributed by atoms with Gasteiger partial charge in [-0.3, -0.25) is 9.59 Å². The van der Waals surface area contributed by atoms with Crippen molar-refractivity contribution in [2.45, 2.75) is 55.4 Å². The minimum absolute atomic E-state index is 0.0908. The smallest absolute Gasteiger partial charge is 0.332 e. The normalized spacial score (nSPS) is 25.0. The number of amides is 2. The van der Waals surface area contributed by atoms with Crippen molar-refractivity contribution in [3.8, 4) is 0 Å². The first-order valence-electron chi connectivity index (χ1n) is 19.6. The van der Waals surface area contributed by atoms with Crippen LogP contribution in [0.2, 0.25) is 0 Å². The number of rotatable bonds is 25. The Morgan fingerprint density at radius 1 is 0.619 bits per heavy atom. The quantitative estimate of drug-likeness (QED) is 0.0493. The number of aromatic nitrogens is 6. The van der Waals surface area contributed by atoms with Gasteiger partial charge in [-0.2, -0.15) is 0 Å². The first-order chi connectivity index (χ1) is 30.5. The fourth-order valence-corrected chi connectivity index (χ4v) is 6.02. The van der Waals surface area contributed by atoms with Gasteiger partial charge in [0.15, 0.2) is 18.7 Å². The molecule has 26 nitrogen and oxygen atoms in total. The topological polar surface area (TPSA) is 333 Å². The van der Waals surface area contributed by atoms with E-state index in [9.17, 15) is 29.4 Å². The molecule has 3 aromatic rings. The van der Waals surface area contributed by atoms with Crippen molar-refractivity contribution in [2.75, 3.05) is 93.5 Å². The summed E-state index contributed by atoms with van der Waals surface area (Å²) in [6, 6.07) is 9.41. The van der Waals surface area contributed by atoms with Crippen LogP contribution < -0.4 is 11.5 Å². The van der Waals surface area contributed by atoms with Gasteiger partial charge in [-0.15, -0.1) is 10.2 Å². The molecule has 6 N–H and O–H groups in total. The van der Waals surface area contributed by atoms with Crippen molar-refractivity contribution < 1.29 is 86.2 Å². The molecule has 348 valence electrons. The molecule has 3 aliphatic heterocycles. The summed E-state index contributed by atoms with van der Waals surface area (Å²) in [6.45, 7) is 2.01. The number of benzene rings is 1. The summed E-state index contributed by atoms with van der Waals surface area (Å²) in [5.74, 6) is -3.24. The Kier molecular flexibility index (Phi) is 19.6. The van der Waals surface area contributed by atoms with Crippen molar-refractivity contribution in [1.82, 2.24) is 29.5 Å². The van der Waals surface area contributed by atoms with E-state index in [2.05, 4.69) is 20.2 Å². The zero-order chi connectivity index (χ0) is 45.1. The molecule has 2 amide bonds. The number of primary amides is 2. The van der Waals surface area contributed by atoms with Gasteiger partial charge in [-0.25, -0.2) is 28.9 Å². The molecule has 0 radical (unpaired) electrons. The number of nitrogens with zero attached hydrogens (tertiary/aromatic N) is 6. The Labute approximate surface area is 359 Å². The first-order valence-corrected chi connectivity index (χ1v) is 19.6. The number of methoxy groups -OCH3 is 2. The number of ether oxygens (including phenoxy) is 12. The van der Waals surface area contributed by atoms with Crippen LogP contribution in [0, 0.1) is 0 Å². The molecular formula is C37H52N8O18. The lowest BCUT2D eigenvalue weighted by molar-refractivity contribution is -0.171. The van der Waals surface area contributed by atoms with Crippen LogP contribution in [-0.2, 0) is 66.4 Å². The van der Waals surface area contributed by atoms with Gasteiger partial charge in [0.25, 0.3) is 11.8 Å². The fourth-order valence-electron chi connectivity index (χ4n) is 6.02. The summed E-state index contributed by atoms with van der Waals surface area (Å²) < 4.78 is 66.9. The number of aliphatic hydroxyl groups is 2. The number of fused-ring (bicyclic) bond motifs is 1. The Morgan fingerprint density at radius 2 is 1.10 bits per heavy atom. The fraction of sp³-hybridized carbons (Fsp3) is 0.622. The second kappa shape index (κ2) is 25.3. The molecule has 63 heavy (non-hydrogen) atoms. The molecule has 5 heterocycles. The lowest BCUT2D eigenvalue weighted by Crippen LogP contribution is -2.34.